The van der Waals surface area contributed by atoms with Crippen molar-refractivity contribution < 1.29 is 4.79 Å². The van der Waals surface area contributed by atoms with Crippen molar-refractivity contribution in [3.8, 4) is 0 Å². The fourth-order valence-corrected chi connectivity index (χ4v) is 2.52. The summed E-state index contributed by atoms with van der Waals surface area (Å²) in [6.07, 6.45) is 1.89. The highest BCUT2D eigenvalue weighted by Crippen LogP contribution is 2.32. The molecule has 1 aliphatic rings. The summed E-state index contributed by atoms with van der Waals surface area (Å²) in [5.41, 5.74) is 0.502. The van der Waals surface area contributed by atoms with Gasteiger partial charge in [-0.3, -0.25) is 4.79 Å². The zero-order valence-electron chi connectivity index (χ0n) is 9.60. The number of hydrogen-bond donors (Lipinski definition) is 2. The van der Waals surface area contributed by atoms with Gasteiger partial charge in [0.2, 0.25) is 5.91 Å². The summed E-state index contributed by atoms with van der Waals surface area (Å²) in [6.45, 7) is 1.67. The number of carbonyl (C=O) groups excluding carboxylic acids is 1. The van der Waals surface area contributed by atoms with Crippen LogP contribution in [0.5, 0.6) is 0 Å². The van der Waals surface area contributed by atoms with Gasteiger partial charge in [0.05, 0.1) is 26.7 Å². The maximum absolute atomic E-state index is 12.0. The van der Waals surface area contributed by atoms with E-state index in [0.717, 1.165) is 19.4 Å². The molecule has 6 heteroatoms. The van der Waals surface area contributed by atoms with E-state index in [0.29, 0.717) is 27.3 Å². The highest BCUT2D eigenvalue weighted by Gasteiger charge is 2.21. The minimum atomic E-state index is -0.0394. The van der Waals surface area contributed by atoms with Crippen LogP contribution in [0.4, 0.5) is 5.69 Å². The van der Waals surface area contributed by atoms with Crippen LogP contribution in [0.1, 0.15) is 12.8 Å². The molecule has 0 aliphatic carbocycles. The Bertz CT molecular complexity index is 459. The zero-order valence-corrected chi connectivity index (χ0v) is 11.9. The van der Waals surface area contributed by atoms with Crippen molar-refractivity contribution in [3.63, 3.8) is 0 Å². The molecule has 0 saturated carbocycles. The fraction of sp³-hybridized carbons (Fsp3) is 0.417. The van der Waals surface area contributed by atoms with Crippen molar-refractivity contribution in [2.24, 2.45) is 5.92 Å². The van der Waals surface area contributed by atoms with Crippen LogP contribution in [0.15, 0.2) is 12.1 Å². The number of amides is 1. The Morgan fingerprint density at radius 2 is 1.94 bits per heavy atom. The lowest BCUT2D eigenvalue weighted by Gasteiger charge is -2.22. The normalized spacial score (nSPS) is 19.6. The molecule has 1 amide bonds. The van der Waals surface area contributed by atoms with E-state index in [1.165, 1.54) is 6.07 Å². The van der Waals surface area contributed by atoms with Gasteiger partial charge in [0, 0.05) is 6.54 Å². The SMILES string of the molecule is O=C(Nc1cc(Cl)c(Cl)cc1Cl)[C@@H]1CCCNC1. The van der Waals surface area contributed by atoms with E-state index in [-0.39, 0.29) is 11.8 Å². The third kappa shape index (κ3) is 3.29. The molecule has 18 heavy (non-hydrogen) atoms. The number of benzene rings is 1. The Morgan fingerprint density at radius 1 is 1.22 bits per heavy atom. The van der Waals surface area contributed by atoms with Gasteiger partial charge in [-0.25, -0.2) is 0 Å². The van der Waals surface area contributed by atoms with Crippen LogP contribution in [-0.4, -0.2) is 19.0 Å². The molecule has 1 fully saturated rings. The van der Waals surface area contributed by atoms with Crippen LogP contribution >= 0.6 is 34.8 Å². The monoisotopic (exact) mass is 306 g/mol. The molecule has 0 bridgehead atoms. The first kappa shape index (κ1) is 13.9. The third-order valence-corrected chi connectivity index (χ3v) is 3.97. The highest BCUT2D eigenvalue weighted by atomic mass is 35.5. The van der Waals surface area contributed by atoms with Gasteiger partial charge in [-0.15, -0.1) is 0 Å². The molecule has 1 aliphatic heterocycles. The number of piperidine rings is 1. The molecule has 98 valence electrons. The highest BCUT2D eigenvalue weighted by molar-refractivity contribution is 6.44. The molecule has 0 aromatic heterocycles. The summed E-state index contributed by atoms with van der Waals surface area (Å²) in [4.78, 5) is 12.0. The summed E-state index contributed by atoms with van der Waals surface area (Å²) in [6, 6.07) is 3.10. The van der Waals surface area contributed by atoms with Crippen molar-refractivity contribution in [3.05, 3.63) is 27.2 Å². The van der Waals surface area contributed by atoms with Crippen LogP contribution < -0.4 is 10.6 Å². The summed E-state index contributed by atoms with van der Waals surface area (Å²) in [7, 11) is 0. The summed E-state index contributed by atoms with van der Waals surface area (Å²) >= 11 is 17.7. The van der Waals surface area contributed by atoms with E-state index >= 15 is 0 Å². The first-order valence-electron chi connectivity index (χ1n) is 5.74. The largest absolute Gasteiger partial charge is 0.324 e. The van der Waals surface area contributed by atoms with Crippen molar-refractivity contribution >= 4 is 46.4 Å². The molecule has 1 atom stereocenters. The second-order valence-corrected chi connectivity index (χ2v) is 5.50. The molecule has 1 heterocycles. The average Bonchev–Trinajstić information content (AvgIpc) is 2.37. The van der Waals surface area contributed by atoms with E-state index in [2.05, 4.69) is 10.6 Å². The van der Waals surface area contributed by atoms with Gasteiger partial charge in [-0.2, -0.15) is 0 Å². The molecule has 1 aromatic rings. The molecule has 0 spiro atoms. The lowest BCUT2D eigenvalue weighted by molar-refractivity contribution is -0.120. The quantitative estimate of drug-likeness (QED) is 0.820. The van der Waals surface area contributed by atoms with Gasteiger partial charge in [0.1, 0.15) is 0 Å². The molecular formula is C12H13Cl3N2O. The Labute approximate surface area is 121 Å². The Hall–Kier alpha value is -0.480. The second kappa shape index (κ2) is 6.11. The standard InChI is InChI=1S/C12H13Cl3N2O/c13-8-4-10(15)11(5-9(8)14)17-12(18)7-2-1-3-16-6-7/h4-5,7,16H,1-3,6H2,(H,17,18)/t7-/m1/s1. The Morgan fingerprint density at radius 3 is 2.61 bits per heavy atom. The summed E-state index contributed by atoms with van der Waals surface area (Å²) in [5, 5.41) is 7.13. The minimum absolute atomic E-state index is 0.0238. The first-order valence-corrected chi connectivity index (χ1v) is 6.87. The maximum atomic E-state index is 12.0. The molecule has 0 radical (unpaired) electrons. The third-order valence-electron chi connectivity index (χ3n) is 2.94. The van der Waals surface area contributed by atoms with Crippen LogP contribution in [0.25, 0.3) is 0 Å². The molecule has 1 saturated heterocycles. The molecule has 3 nitrogen and oxygen atoms in total. The van der Waals surface area contributed by atoms with E-state index < -0.39 is 0 Å². The van der Waals surface area contributed by atoms with Crippen molar-refractivity contribution in [2.45, 2.75) is 12.8 Å². The maximum Gasteiger partial charge on any atom is 0.228 e. The van der Waals surface area contributed by atoms with Crippen molar-refractivity contribution in [2.75, 3.05) is 18.4 Å². The lowest BCUT2D eigenvalue weighted by atomic mass is 9.99. The smallest absolute Gasteiger partial charge is 0.228 e. The fourth-order valence-electron chi connectivity index (χ4n) is 1.93. The first-order chi connectivity index (χ1) is 8.58. The van der Waals surface area contributed by atoms with Crippen LogP contribution in [-0.2, 0) is 4.79 Å². The van der Waals surface area contributed by atoms with E-state index in [4.69, 9.17) is 34.8 Å². The number of rotatable bonds is 2. The predicted molar refractivity (Wildman–Crippen MR) is 75.7 cm³/mol. The van der Waals surface area contributed by atoms with Gasteiger partial charge in [0.15, 0.2) is 0 Å². The van der Waals surface area contributed by atoms with E-state index in [1.807, 2.05) is 0 Å². The summed E-state index contributed by atoms with van der Waals surface area (Å²) in [5.74, 6) is -0.0632. The zero-order chi connectivity index (χ0) is 13.1. The summed E-state index contributed by atoms with van der Waals surface area (Å²) < 4.78 is 0. The number of halogens is 3. The van der Waals surface area contributed by atoms with Gasteiger partial charge in [0.25, 0.3) is 0 Å². The molecule has 2 rings (SSSR count). The van der Waals surface area contributed by atoms with Crippen LogP contribution in [0.2, 0.25) is 15.1 Å². The van der Waals surface area contributed by atoms with Gasteiger partial charge >= 0.3 is 0 Å². The van der Waals surface area contributed by atoms with E-state index in [9.17, 15) is 4.79 Å². The molecular weight excluding hydrogens is 295 g/mol. The minimum Gasteiger partial charge on any atom is -0.324 e. The Balaban J connectivity index is 2.08. The topological polar surface area (TPSA) is 41.1 Å². The van der Waals surface area contributed by atoms with Gasteiger partial charge in [-0.1, -0.05) is 34.8 Å². The van der Waals surface area contributed by atoms with E-state index in [1.54, 1.807) is 6.07 Å². The molecule has 0 unspecified atom stereocenters. The number of nitrogens with one attached hydrogen (secondary N) is 2. The Kier molecular flexibility index (Phi) is 4.73. The lowest BCUT2D eigenvalue weighted by Crippen LogP contribution is -2.37. The van der Waals surface area contributed by atoms with Gasteiger partial charge < -0.3 is 10.6 Å². The van der Waals surface area contributed by atoms with Crippen molar-refractivity contribution in [1.29, 1.82) is 0 Å². The predicted octanol–water partition coefficient (Wildman–Crippen LogP) is 3.58. The van der Waals surface area contributed by atoms with Crippen molar-refractivity contribution in [1.82, 2.24) is 5.32 Å². The van der Waals surface area contributed by atoms with Crippen LogP contribution in [0, 0.1) is 5.92 Å². The number of carbonyl (C=O) groups is 1. The van der Waals surface area contributed by atoms with Crippen LogP contribution in [0.3, 0.4) is 0 Å². The molecule has 2 N–H and O–H groups in total. The number of hydrogen-bond acceptors (Lipinski definition) is 2. The van der Waals surface area contributed by atoms with Gasteiger partial charge in [-0.05, 0) is 31.5 Å². The number of anilines is 1. The molecule has 1 aromatic carbocycles. The second-order valence-electron chi connectivity index (χ2n) is 4.28. The average molecular weight is 308 g/mol.